The molecule has 0 radical (unpaired) electrons. The maximum absolute atomic E-state index is 14.3. The van der Waals surface area contributed by atoms with Gasteiger partial charge in [-0.05, 0) is 27.7 Å². The summed E-state index contributed by atoms with van der Waals surface area (Å²) in [5.41, 5.74) is 0.0714. The normalized spacial score (nSPS) is 36.2. The molecule has 2 fully saturated rings. The Morgan fingerprint density at radius 3 is 2.33 bits per heavy atom. The zero-order valence-electron chi connectivity index (χ0n) is 12.2. The van der Waals surface area contributed by atoms with Crippen molar-refractivity contribution in [1.29, 1.82) is 0 Å². The van der Waals surface area contributed by atoms with E-state index in [1.807, 2.05) is 0 Å². The standard InChI is InChI=1S/C14H28FN3/c1-11-12(9-17-7-5-16-6-8-17)13(15)10-18(11)14(2,3)4/h11-13,16H,5-10H2,1-4H3/t11-,12+,13+/m1/s1. The Bertz CT molecular complexity index is 271. The fraction of sp³-hybridized carbons (Fsp3) is 1.00. The topological polar surface area (TPSA) is 18.5 Å². The number of alkyl halides is 1. The molecule has 2 saturated heterocycles. The Morgan fingerprint density at radius 2 is 1.83 bits per heavy atom. The van der Waals surface area contributed by atoms with Crippen LogP contribution < -0.4 is 5.32 Å². The van der Waals surface area contributed by atoms with E-state index >= 15 is 0 Å². The summed E-state index contributed by atoms with van der Waals surface area (Å²) in [6.07, 6.45) is -0.672. The summed E-state index contributed by atoms with van der Waals surface area (Å²) in [5, 5.41) is 3.35. The Balaban J connectivity index is 1.96. The van der Waals surface area contributed by atoms with Crippen molar-refractivity contribution in [3.8, 4) is 0 Å². The van der Waals surface area contributed by atoms with Crippen LogP contribution >= 0.6 is 0 Å². The molecule has 4 heteroatoms. The monoisotopic (exact) mass is 257 g/mol. The molecule has 2 rings (SSSR count). The summed E-state index contributed by atoms with van der Waals surface area (Å²) in [4.78, 5) is 4.74. The van der Waals surface area contributed by atoms with Crippen LogP contribution in [-0.2, 0) is 0 Å². The van der Waals surface area contributed by atoms with Crippen molar-refractivity contribution in [3.63, 3.8) is 0 Å². The van der Waals surface area contributed by atoms with Crippen LogP contribution in [0.15, 0.2) is 0 Å². The number of piperazine rings is 1. The molecule has 0 saturated carbocycles. The van der Waals surface area contributed by atoms with E-state index in [4.69, 9.17) is 0 Å². The minimum Gasteiger partial charge on any atom is -0.314 e. The Labute approximate surface area is 111 Å². The molecule has 0 aromatic carbocycles. The highest BCUT2D eigenvalue weighted by molar-refractivity contribution is 4.97. The minimum absolute atomic E-state index is 0.0714. The molecule has 0 amide bonds. The molecule has 3 atom stereocenters. The molecule has 18 heavy (non-hydrogen) atoms. The Kier molecular flexibility index (Phi) is 4.29. The second kappa shape index (κ2) is 5.43. The molecule has 0 bridgehead atoms. The van der Waals surface area contributed by atoms with Crippen LogP contribution in [0.25, 0.3) is 0 Å². The third-order valence-corrected chi connectivity index (χ3v) is 4.49. The van der Waals surface area contributed by atoms with Gasteiger partial charge in [-0.25, -0.2) is 4.39 Å². The zero-order chi connectivity index (χ0) is 13.3. The second-order valence-corrected chi connectivity index (χ2v) is 6.79. The van der Waals surface area contributed by atoms with Gasteiger partial charge in [0.05, 0.1) is 0 Å². The third kappa shape index (κ3) is 3.03. The fourth-order valence-corrected chi connectivity index (χ4v) is 3.37. The molecular formula is C14H28FN3. The largest absolute Gasteiger partial charge is 0.314 e. The highest BCUT2D eigenvalue weighted by Gasteiger charge is 2.44. The first kappa shape index (κ1) is 14.2. The van der Waals surface area contributed by atoms with Crippen LogP contribution in [0.2, 0.25) is 0 Å². The van der Waals surface area contributed by atoms with E-state index in [0.717, 1.165) is 32.7 Å². The minimum atomic E-state index is -0.672. The summed E-state index contributed by atoms with van der Waals surface area (Å²) in [7, 11) is 0. The van der Waals surface area contributed by atoms with Gasteiger partial charge in [-0.1, -0.05) is 0 Å². The SMILES string of the molecule is C[C@@H]1[C@H](CN2CCNCC2)[C@@H](F)CN1C(C)(C)C. The predicted octanol–water partition coefficient (Wildman–Crippen LogP) is 1.35. The van der Waals surface area contributed by atoms with Crippen LogP contribution in [0.3, 0.4) is 0 Å². The first-order chi connectivity index (χ1) is 8.39. The predicted molar refractivity (Wildman–Crippen MR) is 73.6 cm³/mol. The summed E-state index contributed by atoms with van der Waals surface area (Å²) >= 11 is 0. The van der Waals surface area contributed by atoms with Gasteiger partial charge >= 0.3 is 0 Å². The number of nitrogens with zero attached hydrogens (tertiary/aromatic N) is 2. The first-order valence-electron chi connectivity index (χ1n) is 7.23. The van der Waals surface area contributed by atoms with E-state index in [-0.39, 0.29) is 11.5 Å². The molecule has 2 aliphatic rings. The van der Waals surface area contributed by atoms with Crippen LogP contribution in [-0.4, -0.2) is 66.8 Å². The van der Waals surface area contributed by atoms with Crippen molar-refractivity contribution in [2.24, 2.45) is 5.92 Å². The average Bonchev–Trinajstić information content (AvgIpc) is 2.58. The van der Waals surface area contributed by atoms with Crippen molar-refractivity contribution in [2.45, 2.75) is 45.4 Å². The van der Waals surface area contributed by atoms with E-state index < -0.39 is 6.17 Å². The lowest BCUT2D eigenvalue weighted by Crippen LogP contribution is -2.49. The quantitative estimate of drug-likeness (QED) is 0.805. The van der Waals surface area contributed by atoms with Gasteiger partial charge < -0.3 is 10.2 Å². The maximum Gasteiger partial charge on any atom is 0.118 e. The third-order valence-electron chi connectivity index (χ3n) is 4.49. The summed E-state index contributed by atoms with van der Waals surface area (Å²) in [6, 6.07) is 0.342. The van der Waals surface area contributed by atoms with Crippen LogP contribution in [0.1, 0.15) is 27.7 Å². The molecule has 1 N–H and O–H groups in total. The fourth-order valence-electron chi connectivity index (χ4n) is 3.37. The van der Waals surface area contributed by atoms with Gasteiger partial charge in [-0.15, -0.1) is 0 Å². The van der Waals surface area contributed by atoms with Crippen molar-refractivity contribution in [1.82, 2.24) is 15.1 Å². The van der Waals surface area contributed by atoms with Crippen LogP contribution in [0.5, 0.6) is 0 Å². The lowest BCUT2D eigenvalue weighted by atomic mass is 9.97. The van der Waals surface area contributed by atoms with Crippen molar-refractivity contribution in [3.05, 3.63) is 0 Å². The number of halogens is 1. The molecular weight excluding hydrogens is 229 g/mol. The number of rotatable bonds is 2. The lowest BCUT2D eigenvalue weighted by molar-refractivity contribution is 0.104. The second-order valence-electron chi connectivity index (χ2n) is 6.79. The molecule has 2 heterocycles. The Morgan fingerprint density at radius 1 is 1.22 bits per heavy atom. The first-order valence-corrected chi connectivity index (χ1v) is 7.23. The van der Waals surface area contributed by atoms with E-state index in [1.54, 1.807) is 0 Å². The van der Waals surface area contributed by atoms with Gasteiger partial charge in [0.1, 0.15) is 6.17 Å². The van der Waals surface area contributed by atoms with Gasteiger partial charge in [0, 0.05) is 56.8 Å². The summed E-state index contributed by atoms with van der Waals surface area (Å²) in [6.45, 7) is 14.5. The lowest BCUT2D eigenvalue weighted by Gasteiger charge is -2.37. The Hall–Kier alpha value is -0.190. The van der Waals surface area contributed by atoms with E-state index in [0.29, 0.717) is 12.6 Å². The van der Waals surface area contributed by atoms with Crippen molar-refractivity contribution in [2.75, 3.05) is 39.3 Å². The zero-order valence-corrected chi connectivity index (χ0v) is 12.2. The molecule has 0 spiro atoms. The number of hydrogen-bond acceptors (Lipinski definition) is 3. The average molecular weight is 257 g/mol. The summed E-state index contributed by atoms with van der Waals surface area (Å²) < 4.78 is 14.3. The number of likely N-dealkylation sites (tertiary alicyclic amines) is 1. The molecule has 0 aromatic heterocycles. The van der Waals surface area contributed by atoms with Gasteiger partial charge in [0.25, 0.3) is 0 Å². The molecule has 106 valence electrons. The van der Waals surface area contributed by atoms with Crippen LogP contribution in [0.4, 0.5) is 4.39 Å². The smallest absolute Gasteiger partial charge is 0.118 e. The number of nitrogens with one attached hydrogen (secondary N) is 1. The van der Waals surface area contributed by atoms with Crippen molar-refractivity contribution >= 4 is 0 Å². The maximum atomic E-state index is 14.3. The molecule has 3 nitrogen and oxygen atoms in total. The number of hydrogen-bond donors (Lipinski definition) is 1. The van der Waals surface area contributed by atoms with Gasteiger partial charge in [-0.3, -0.25) is 4.90 Å². The van der Waals surface area contributed by atoms with Crippen LogP contribution in [0, 0.1) is 5.92 Å². The highest BCUT2D eigenvalue weighted by atomic mass is 19.1. The molecule has 0 unspecified atom stereocenters. The molecule has 0 aromatic rings. The van der Waals surface area contributed by atoms with E-state index in [2.05, 4.69) is 42.8 Å². The van der Waals surface area contributed by atoms with Gasteiger partial charge in [-0.2, -0.15) is 0 Å². The summed E-state index contributed by atoms with van der Waals surface area (Å²) in [5.74, 6) is 0.169. The van der Waals surface area contributed by atoms with Gasteiger partial charge in [0.15, 0.2) is 0 Å². The highest BCUT2D eigenvalue weighted by Crippen LogP contribution is 2.33. The van der Waals surface area contributed by atoms with E-state index in [1.165, 1.54) is 0 Å². The van der Waals surface area contributed by atoms with E-state index in [9.17, 15) is 4.39 Å². The molecule has 2 aliphatic heterocycles. The molecule has 0 aliphatic carbocycles. The van der Waals surface area contributed by atoms with Gasteiger partial charge in [0.2, 0.25) is 0 Å². The van der Waals surface area contributed by atoms with Crippen molar-refractivity contribution < 1.29 is 4.39 Å².